The quantitative estimate of drug-likeness (QED) is 0.359. The van der Waals surface area contributed by atoms with Crippen LogP contribution in [0.2, 0.25) is 10.6 Å². The summed E-state index contributed by atoms with van der Waals surface area (Å²) in [6.07, 6.45) is 5.50. The number of thioether (sulfide) groups is 2. The van der Waals surface area contributed by atoms with Crippen LogP contribution in [0.15, 0.2) is 0 Å². The Kier molecular flexibility index (Phi) is 7.53. The van der Waals surface area contributed by atoms with E-state index in [1.807, 2.05) is 0 Å². The van der Waals surface area contributed by atoms with Crippen LogP contribution >= 0.6 is 23.5 Å². The van der Waals surface area contributed by atoms with Crippen LogP contribution in [0.25, 0.3) is 0 Å². The second-order valence-electron chi connectivity index (χ2n) is 4.56. The van der Waals surface area contributed by atoms with Crippen molar-refractivity contribution in [1.29, 1.82) is 0 Å². The maximum atomic E-state index is 3.29. The van der Waals surface area contributed by atoms with Crippen LogP contribution in [-0.2, 0) is 0 Å². The van der Waals surface area contributed by atoms with Gasteiger partial charge >= 0.3 is 137 Å². The third kappa shape index (κ3) is 8.00. The first-order valence-corrected chi connectivity index (χ1v) is 12.3. The molecule has 0 bridgehead atoms. The van der Waals surface area contributed by atoms with Crippen LogP contribution in [0.3, 0.4) is 0 Å². The Balaban J connectivity index is 1.42. The van der Waals surface area contributed by atoms with Gasteiger partial charge in [-0.05, 0) is 0 Å². The summed E-state index contributed by atoms with van der Waals surface area (Å²) in [6.45, 7) is 0. The molecule has 0 aromatic rings. The van der Waals surface area contributed by atoms with Crippen LogP contribution < -0.4 is 0 Å². The molecule has 2 heterocycles. The van der Waals surface area contributed by atoms with Crippen LogP contribution in [0.1, 0.15) is 25.7 Å². The van der Waals surface area contributed by atoms with Crippen molar-refractivity contribution in [2.24, 2.45) is 0 Å². The minimum absolute atomic E-state index is 0.786. The van der Waals surface area contributed by atoms with E-state index >= 15 is 0 Å². The van der Waals surface area contributed by atoms with Gasteiger partial charge in [0.2, 0.25) is 0 Å². The van der Waals surface area contributed by atoms with Crippen molar-refractivity contribution >= 4 is 78.5 Å². The van der Waals surface area contributed by atoms with Gasteiger partial charge < -0.3 is 0 Å². The Labute approximate surface area is 135 Å². The topological polar surface area (TPSA) is 0 Å². The van der Waals surface area contributed by atoms with Crippen LogP contribution in [0, 0.1) is 0 Å². The van der Waals surface area contributed by atoms with Gasteiger partial charge in [-0.1, -0.05) is 0 Å². The third-order valence-electron chi connectivity index (χ3n) is 2.82. The van der Waals surface area contributed by atoms with Crippen LogP contribution in [-0.4, -0.2) is 76.9 Å². The molecule has 2 unspecified atom stereocenters. The zero-order valence-corrected chi connectivity index (χ0v) is 16.6. The van der Waals surface area contributed by atoms with Crippen molar-refractivity contribution in [3.05, 3.63) is 0 Å². The van der Waals surface area contributed by atoms with E-state index < -0.39 is 0 Å². The fraction of sp³-hybridized carbons (Fsp3) is 0.833. The molecule has 0 N–H and O–H groups in total. The molecule has 96 valence electrons. The fourth-order valence-electron chi connectivity index (χ4n) is 1.54. The van der Waals surface area contributed by atoms with E-state index in [1.54, 1.807) is 8.83 Å². The van der Waals surface area contributed by atoms with E-state index in [4.69, 9.17) is 0 Å². The van der Waals surface area contributed by atoms with Gasteiger partial charge in [-0.15, -0.1) is 0 Å². The van der Waals surface area contributed by atoms with Crippen molar-refractivity contribution in [2.45, 2.75) is 46.8 Å². The van der Waals surface area contributed by atoms with Crippen molar-refractivity contribution in [1.82, 2.24) is 0 Å². The van der Waals surface area contributed by atoms with E-state index in [0.29, 0.717) is 0 Å². The summed E-state index contributed by atoms with van der Waals surface area (Å²) >= 11 is 11.6. The van der Waals surface area contributed by atoms with Crippen LogP contribution in [0.5, 0.6) is 0 Å². The van der Waals surface area contributed by atoms with Gasteiger partial charge in [-0.2, -0.15) is 0 Å². The Hall–Kier alpha value is 2.00. The molecule has 0 aliphatic carbocycles. The molecule has 0 aromatic heterocycles. The molecule has 2 saturated heterocycles. The minimum atomic E-state index is 0.786. The fourth-order valence-corrected chi connectivity index (χ4v) is 6.80. The number of hydrogen-bond acceptors (Lipinski definition) is 2. The average Bonchev–Trinajstić information content (AvgIpc) is 3.16. The molecule has 2 aliphatic rings. The molecular weight excluding hydrogens is 445 g/mol. The molecule has 2 rings (SSSR count). The molecule has 0 nitrogen and oxygen atoms in total. The summed E-state index contributed by atoms with van der Waals surface area (Å²) in [6, 6.07) is 0. The summed E-state index contributed by atoms with van der Waals surface area (Å²) < 4.78 is 3.26. The third-order valence-corrected chi connectivity index (χ3v) is 10.5. The molecule has 0 saturated carbocycles. The molecule has 2 aliphatic heterocycles. The first-order chi connectivity index (χ1) is 8.24. The van der Waals surface area contributed by atoms with E-state index in [-0.39, 0.29) is 0 Å². The van der Waals surface area contributed by atoms with Crippen molar-refractivity contribution < 1.29 is 0 Å². The van der Waals surface area contributed by atoms with Crippen molar-refractivity contribution in [3.63, 3.8) is 0 Å². The second kappa shape index (κ2) is 8.32. The molecule has 0 aromatic carbocycles. The average molecular weight is 463 g/mol. The first kappa shape index (κ1) is 15.4. The van der Waals surface area contributed by atoms with Gasteiger partial charge in [0.05, 0.1) is 0 Å². The Morgan fingerprint density at radius 2 is 1.35 bits per heavy atom. The number of rotatable bonds is 10. The normalized spacial score (nSPS) is 25.6. The van der Waals surface area contributed by atoms with Gasteiger partial charge in [0, 0.05) is 0 Å². The number of hydrogen-bond donors (Lipinski definition) is 0. The Bertz CT molecular complexity index is 257. The zero-order chi connectivity index (χ0) is 12.1. The van der Waals surface area contributed by atoms with Crippen molar-refractivity contribution in [3.8, 4) is 0 Å². The van der Waals surface area contributed by atoms with Gasteiger partial charge in [0.25, 0.3) is 0 Å². The van der Waals surface area contributed by atoms with Gasteiger partial charge in [-0.25, -0.2) is 0 Å². The van der Waals surface area contributed by atoms with Gasteiger partial charge in [-0.3, -0.25) is 0 Å². The molecular formula is C12H18S2Se3. The van der Waals surface area contributed by atoms with E-state index in [2.05, 4.69) is 54.7 Å². The molecule has 0 radical (unpaired) electrons. The summed E-state index contributed by atoms with van der Waals surface area (Å²) in [5, 5.41) is 4.72. The molecule has 0 spiro atoms. The molecule has 5 heteroatoms. The molecule has 0 amide bonds. The van der Waals surface area contributed by atoms with Crippen molar-refractivity contribution in [2.75, 3.05) is 11.5 Å². The Morgan fingerprint density at radius 1 is 0.941 bits per heavy atom. The predicted molar refractivity (Wildman–Crippen MR) is 87.9 cm³/mol. The summed E-state index contributed by atoms with van der Waals surface area (Å²) in [5.41, 5.74) is 0. The second-order valence-corrected chi connectivity index (χ2v) is 11.7. The summed E-state index contributed by atoms with van der Waals surface area (Å²) in [5.74, 6) is 2.83. The van der Waals surface area contributed by atoms with E-state index in [0.717, 1.165) is 25.5 Å². The predicted octanol–water partition coefficient (Wildman–Crippen LogP) is 2.00. The van der Waals surface area contributed by atoms with Crippen LogP contribution in [0.4, 0.5) is 0 Å². The maximum absolute atomic E-state index is 3.29. The first-order valence-electron chi connectivity index (χ1n) is 6.08. The monoisotopic (exact) mass is 466 g/mol. The van der Waals surface area contributed by atoms with E-state index in [1.165, 1.54) is 47.8 Å². The van der Waals surface area contributed by atoms with E-state index in [9.17, 15) is 0 Å². The summed E-state index contributed by atoms with van der Waals surface area (Å²) in [4.78, 5) is 0. The van der Waals surface area contributed by atoms with Gasteiger partial charge in [0.1, 0.15) is 0 Å². The molecule has 2 fully saturated rings. The molecule has 2 atom stereocenters. The Morgan fingerprint density at radius 3 is 1.71 bits per heavy atom. The standard InChI is InChI=1S/C12H18S2Se3/c15-11(3-1-9-5-13-9)7-17-8-12(16)4-2-10-6-14-10/h9-10H,1-8H2. The van der Waals surface area contributed by atoms with Gasteiger partial charge in [0.15, 0.2) is 0 Å². The SMILES string of the molecule is [Se]=C(CCC1CS1)C[Se]CC(=[Se])CCC1CS1. The zero-order valence-electron chi connectivity index (χ0n) is 9.85. The summed E-state index contributed by atoms with van der Waals surface area (Å²) in [7, 11) is 0. The molecule has 17 heavy (non-hydrogen) atoms.